The van der Waals surface area contributed by atoms with Gasteiger partial charge in [-0.1, -0.05) is 18.2 Å². The van der Waals surface area contributed by atoms with Crippen LogP contribution in [0.2, 0.25) is 0 Å². The molecule has 0 bridgehead atoms. The summed E-state index contributed by atoms with van der Waals surface area (Å²) in [5.74, 6) is -0.145. The number of hydrogen-bond donors (Lipinski definition) is 1. The van der Waals surface area contributed by atoms with E-state index in [2.05, 4.69) is 4.90 Å². The Bertz CT molecular complexity index is 391. The van der Waals surface area contributed by atoms with Gasteiger partial charge in [-0.25, -0.2) is 4.39 Å². The average Bonchev–Trinajstić information content (AvgIpc) is 2.81. The smallest absolute Gasteiger partial charge is 0.127 e. The molecule has 2 rings (SSSR count). The lowest BCUT2D eigenvalue weighted by atomic mass is 9.87. The van der Waals surface area contributed by atoms with Crippen molar-refractivity contribution in [2.75, 3.05) is 33.4 Å². The van der Waals surface area contributed by atoms with Crippen molar-refractivity contribution in [1.82, 2.24) is 4.90 Å². The molecule has 1 aliphatic heterocycles. The molecule has 0 amide bonds. The van der Waals surface area contributed by atoms with E-state index < -0.39 is 0 Å². The monoisotopic (exact) mass is 252 g/mol. The molecule has 1 saturated heterocycles. The number of benzene rings is 1. The second-order valence-electron chi connectivity index (χ2n) is 5.27. The van der Waals surface area contributed by atoms with Crippen LogP contribution in [0.1, 0.15) is 12.0 Å². The molecule has 3 nitrogen and oxygen atoms in total. The van der Waals surface area contributed by atoms with Crippen LogP contribution >= 0.6 is 0 Å². The Morgan fingerprint density at radius 3 is 2.83 bits per heavy atom. The van der Waals surface area contributed by atoms with Gasteiger partial charge in [0.25, 0.3) is 0 Å². The van der Waals surface area contributed by atoms with Crippen molar-refractivity contribution in [3.05, 3.63) is 35.6 Å². The zero-order valence-corrected chi connectivity index (χ0v) is 10.9. The number of ether oxygens (including phenoxy) is 1. The molecule has 18 heavy (non-hydrogen) atoms. The maximum absolute atomic E-state index is 13.6. The SMILES string of the molecule is CN(Cc1ccccc1F)CC1(CN)CCOC1. The van der Waals surface area contributed by atoms with Gasteiger partial charge in [-0.2, -0.15) is 0 Å². The van der Waals surface area contributed by atoms with Gasteiger partial charge in [0.05, 0.1) is 6.61 Å². The third-order valence-electron chi connectivity index (χ3n) is 3.62. The predicted molar refractivity (Wildman–Crippen MR) is 69.7 cm³/mol. The Kier molecular flexibility index (Phi) is 4.32. The summed E-state index contributed by atoms with van der Waals surface area (Å²) in [5, 5.41) is 0. The van der Waals surface area contributed by atoms with Crippen LogP contribution in [-0.4, -0.2) is 38.3 Å². The van der Waals surface area contributed by atoms with Crippen molar-refractivity contribution < 1.29 is 9.13 Å². The molecule has 1 heterocycles. The fraction of sp³-hybridized carbons (Fsp3) is 0.571. The first kappa shape index (κ1) is 13.5. The molecular weight excluding hydrogens is 231 g/mol. The summed E-state index contributed by atoms with van der Waals surface area (Å²) in [6.07, 6.45) is 0.991. The summed E-state index contributed by atoms with van der Waals surface area (Å²) in [6.45, 7) is 3.57. The van der Waals surface area contributed by atoms with Gasteiger partial charge in [-0.3, -0.25) is 0 Å². The lowest BCUT2D eigenvalue weighted by molar-refractivity contribution is 0.122. The Morgan fingerprint density at radius 2 is 2.22 bits per heavy atom. The first-order valence-electron chi connectivity index (χ1n) is 6.35. The van der Waals surface area contributed by atoms with E-state index >= 15 is 0 Å². The lowest BCUT2D eigenvalue weighted by Gasteiger charge is -2.31. The zero-order valence-electron chi connectivity index (χ0n) is 10.9. The first-order valence-corrected chi connectivity index (χ1v) is 6.35. The summed E-state index contributed by atoms with van der Waals surface area (Å²) in [5.41, 5.74) is 6.63. The topological polar surface area (TPSA) is 38.5 Å². The molecule has 2 N–H and O–H groups in total. The maximum Gasteiger partial charge on any atom is 0.127 e. The molecule has 0 radical (unpaired) electrons. The van der Waals surface area contributed by atoms with E-state index in [0.29, 0.717) is 19.7 Å². The van der Waals surface area contributed by atoms with Crippen molar-refractivity contribution in [2.45, 2.75) is 13.0 Å². The van der Waals surface area contributed by atoms with Gasteiger partial charge in [0.2, 0.25) is 0 Å². The van der Waals surface area contributed by atoms with Crippen LogP contribution < -0.4 is 5.73 Å². The zero-order chi connectivity index (χ0) is 13.0. The minimum atomic E-state index is -0.145. The lowest BCUT2D eigenvalue weighted by Crippen LogP contribution is -2.41. The van der Waals surface area contributed by atoms with Crippen molar-refractivity contribution in [1.29, 1.82) is 0 Å². The van der Waals surface area contributed by atoms with E-state index in [1.54, 1.807) is 6.07 Å². The number of rotatable bonds is 5. The third kappa shape index (κ3) is 3.07. The highest BCUT2D eigenvalue weighted by molar-refractivity contribution is 5.17. The van der Waals surface area contributed by atoms with Gasteiger partial charge in [-0.05, 0) is 19.5 Å². The molecule has 1 aromatic rings. The second-order valence-corrected chi connectivity index (χ2v) is 5.27. The van der Waals surface area contributed by atoms with E-state index in [-0.39, 0.29) is 11.2 Å². The normalized spacial score (nSPS) is 23.8. The van der Waals surface area contributed by atoms with Crippen LogP contribution in [0, 0.1) is 11.2 Å². The van der Waals surface area contributed by atoms with Gasteiger partial charge >= 0.3 is 0 Å². The van der Waals surface area contributed by atoms with Crippen molar-refractivity contribution in [2.24, 2.45) is 11.1 Å². The van der Waals surface area contributed by atoms with E-state index in [0.717, 1.165) is 25.1 Å². The summed E-state index contributed by atoms with van der Waals surface area (Å²) < 4.78 is 19.0. The van der Waals surface area contributed by atoms with Crippen molar-refractivity contribution >= 4 is 0 Å². The molecule has 1 aromatic carbocycles. The molecule has 0 aliphatic carbocycles. The highest BCUT2D eigenvalue weighted by Gasteiger charge is 2.34. The molecule has 1 unspecified atom stereocenters. The van der Waals surface area contributed by atoms with Crippen molar-refractivity contribution in [3.8, 4) is 0 Å². The molecular formula is C14H21FN2O. The average molecular weight is 252 g/mol. The van der Waals surface area contributed by atoms with Crippen LogP contribution in [0.25, 0.3) is 0 Å². The van der Waals surface area contributed by atoms with Crippen molar-refractivity contribution in [3.63, 3.8) is 0 Å². The van der Waals surface area contributed by atoms with Crippen LogP contribution in [0.5, 0.6) is 0 Å². The fourth-order valence-corrected chi connectivity index (χ4v) is 2.55. The van der Waals surface area contributed by atoms with Gasteiger partial charge < -0.3 is 15.4 Å². The summed E-state index contributed by atoms with van der Waals surface area (Å²) in [6, 6.07) is 6.90. The Labute approximate surface area is 108 Å². The first-order chi connectivity index (χ1) is 8.65. The molecule has 1 atom stereocenters. The summed E-state index contributed by atoms with van der Waals surface area (Å²) in [4.78, 5) is 2.12. The van der Waals surface area contributed by atoms with Crippen LogP contribution in [-0.2, 0) is 11.3 Å². The molecule has 0 saturated carbocycles. The Hall–Kier alpha value is -0.970. The van der Waals surface area contributed by atoms with Gasteiger partial charge in [0.1, 0.15) is 5.82 Å². The molecule has 4 heteroatoms. The fourth-order valence-electron chi connectivity index (χ4n) is 2.55. The highest BCUT2D eigenvalue weighted by atomic mass is 19.1. The minimum absolute atomic E-state index is 0.0417. The number of nitrogens with zero attached hydrogens (tertiary/aromatic N) is 1. The van der Waals surface area contributed by atoms with Crippen LogP contribution in [0.15, 0.2) is 24.3 Å². The number of hydrogen-bond acceptors (Lipinski definition) is 3. The van der Waals surface area contributed by atoms with E-state index in [1.165, 1.54) is 6.07 Å². The quantitative estimate of drug-likeness (QED) is 0.865. The molecule has 100 valence electrons. The largest absolute Gasteiger partial charge is 0.381 e. The molecule has 1 fully saturated rings. The van der Waals surface area contributed by atoms with E-state index in [4.69, 9.17) is 10.5 Å². The minimum Gasteiger partial charge on any atom is -0.381 e. The van der Waals surface area contributed by atoms with E-state index in [9.17, 15) is 4.39 Å². The second kappa shape index (κ2) is 5.78. The van der Waals surface area contributed by atoms with Crippen LogP contribution in [0.3, 0.4) is 0 Å². The van der Waals surface area contributed by atoms with Gasteiger partial charge in [0.15, 0.2) is 0 Å². The summed E-state index contributed by atoms with van der Waals surface area (Å²) in [7, 11) is 2.00. The summed E-state index contributed by atoms with van der Waals surface area (Å²) >= 11 is 0. The molecule has 1 aliphatic rings. The Morgan fingerprint density at radius 1 is 1.44 bits per heavy atom. The van der Waals surface area contributed by atoms with Crippen LogP contribution in [0.4, 0.5) is 4.39 Å². The third-order valence-corrected chi connectivity index (χ3v) is 3.62. The predicted octanol–water partition coefficient (Wildman–Crippen LogP) is 1.62. The van der Waals surface area contributed by atoms with Gasteiger partial charge in [-0.15, -0.1) is 0 Å². The Balaban J connectivity index is 1.96. The van der Waals surface area contributed by atoms with E-state index in [1.807, 2.05) is 19.2 Å². The number of nitrogens with two attached hydrogens (primary N) is 1. The maximum atomic E-state index is 13.6. The molecule has 0 spiro atoms. The number of halogens is 1. The highest BCUT2D eigenvalue weighted by Crippen LogP contribution is 2.28. The standard InChI is InChI=1S/C14H21FN2O/c1-17(8-12-4-2-3-5-13(12)15)10-14(9-16)6-7-18-11-14/h2-5H,6-11,16H2,1H3. The molecule has 0 aromatic heterocycles. The van der Waals surface area contributed by atoms with Gasteiger partial charge in [0, 0.05) is 37.2 Å².